The maximum absolute atomic E-state index is 12.5. The molecular weight excluding hydrogens is 274 g/mol. The molecule has 114 valence electrons. The van der Waals surface area contributed by atoms with Crippen molar-refractivity contribution in [1.82, 2.24) is 14.9 Å². The Morgan fingerprint density at radius 3 is 2.73 bits per heavy atom. The number of imidazole rings is 1. The molecule has 1 amide bonds. The number of carbonyl (C=O) groups is 1. The second kappa shape index (κ2) is 5.59. The van der Waals surface area contributed by atoms with Gasteiger partial charge in [0.1, 0.15) is 5.82 Å². The lowest BCUT2D eigenvalue weighted by molar-refractivity contribution is -0.136. The maximum atomic E-state index is 12.5. The zero-order chi connectivity index (χ0) is 14.9. The van der Waals surface area contributed by atoms with Crippen molar-refractivity contribution >= 4 is 5.91 Å². The van der Waals surface area contributed by atoms with Crippen LogP contribution in [0.3, 0.4) is 0 Å². The van der Waals surface area contributed by atoms with Gasteiger partial charge in [-0.1, -0.05) is 30.3 Å². The van der Waals surface area contributed by atoms with Crippen LogP contribution in [0.4, 0.5) is 0 Å². The van der Waals surface area contributed by atoms with E-state index in [2.05, 4.69) is 27.0 Å². The van der Waals surface area contributed by atoms with E-state index in [1.54, 1.807) is 0 Å². The van der Waals surface area contributed by atoms with Crippen molar-refractivity contribution in [2.75, 3.05) is 6.54 Å². The Balaban J connectivity index is 1.59. The van der Waals surface area contributed by atoms with Crippen molar-refractivity contribution in [3.05, 3.63) is 42.4 Å². The average molecular weight is 295 g/mol. The summed E-state index contributed by atoms with van der Waals surface area (Å²) in [7, 11) is 0. The predicted octanol–water partition coefficient (Wildman–Crippen LogP) is 3.54. The first-order chi connectivity index (χ1) is 10.8. The number of rotatable bonds is 3. The maximum Gasteiger partial charge on any atom is 0.226 e. The van der Waals surface area contributed by atoms with Crippen molar-refractivity contribution in [1.29, 1.82) is 0 Å². The Hall–Kier alpha value is -2.10. The molecule has 4 rings (SSSR count). The molecule has 2 fully saturated rings. The fourth-order valence-corrected chi connectivity index (χ4v) is 3.31. The van der Waals surface area contributed by atoms with Gasteiger partial charge in [-0.25, -0.2) is 4.98 Å². The van der Waals surface area contributed by atoms with E-state index < -0.39 is 0 Å². The molecule has 0 radical (unpaired) electrons. The Labute approximate surface area is 130 Å². The predicted molar refractivity (Wildman–Crippen MR) is 85.1 cm³/mol. The standard InChI is InChI=1S/C18H21N3O/c22-18(14-9-10-14)21-11-5-4-8-16(21)17-19-12-15(20-17)13-6-2-1-3-7-13/h1-3,6-7,12,14,16H,4-5,8-11H2,(H,19,20). The van der Waals surface area contributed by atoms with Gasteiger partial charge in [-0.3, -0.25) is 4.79 Å². The van der Waals surface area contributed by atoms with Gasteiger partial charge in [-0.2, -0.15) is 0 Å². The van der Waals surface area contributed by atoms with Crippen LogP contribution in [0.25, 0.3) is 11.3 Å². The van der Waals surface area contributed by atoms with Crippen molar-refractivity contribution in [2.45, 2.75) is 38.1 Å². The molecule has 1 atom stereocenters. The molecule has 1 aromatic carbocycles. The van der Waals surface area contributed by atoms with Crippen LogP contribution in [0, 0.1) is 5.92 Å². The number of benzene rings is 1. The highest BCUT2D eigenvalue weighted by Gasteiger charge is 2.38. The fraction of sp³-hybridized carbons (Fsp3) is 0.444. The Morgan fingerprint density at radius 1 is 1.14 bits per heavy atom. The molecule has 1 unspecified atom stereocenters. The van der Waals surface area contributed by atoms with Crippen LogP contribution < -0.4 is 0 Å². The van der Waals surface area contributed by atoms with E-state index in [0.717, 1.165) is 49.3 Å². The minimum absolute atomic E-state index is 0.124. The molecule has 1 saturated carbocycles. The van der Waals surface area contributed by atoms with E-state index in [0.29, 0.717) is 5.91 Å². The van der Waals surface area contributed by atoms with Gasteiger partial charge in [0.15, 0.2) is 0 Å². The molecule has 1 aromatic heterocycles. The van der Waals surface area contributed by atoms with Gasteiger partial charge >= 0.3 is 0 Å². The summed E-state index contributed by atoms with van der Waals surface area (Å²) in [5.74, 6) is 1.55. The van der Waals surface area contributed by atoms with E-state index in [1.807, 2.05) is 24.4 Å². The monoisotopic (exact) mass is 295 g/mol. The van der Waals surface area contributed by atoms with Gasteiger partial charge < -0.3 is 9.88 Å². The molecule has 1 aliphatic carbocycles. The first-order valence-corrected chi connectivity index (χ1v) is 8.24. The number of aromatic nitrogens is 2. The summed E-state index contributed by atoms with van der Waals surface area (Å²) < 4.78 is 0. The van der Waals surface area contributed by atoms with Crippen LogP contribution in [-0.2, 0) is 4.79 Å². The highest BCUT2D eigenvalue weighted by Crippen LogP contribution is 2.37. The molecule has 22 heavy (non-hydrogen) atoms. The number of hydrogen-bond donors (Lipinski definition) is 1. The van der Waals surface area contributed by atoms with Gasteiger partial charge in [0.2, 0.25) is 5.91 Å². The molecule has 2 aromatic rings. The zero-order valence-corrected chi connectivity index (χ0v) is 12.7. The molecule has 0 bridgehead atoms. The van der Waals surface area contributed by atoms with Gasteiger partial charge in [0.05, 0.1) is 17.9 Å². The molecule has 0 spiro atoms. The minimum atomic E-state index is 0.124. The fourth-order valence-electron chi connectivity index (χ4n) is 3.31. The first kappa shape index (κ1) is 13.6. The number of H-pyrrole nitrogens is 1. The topological polar surface area (TPSA) is 49.0 Å². The lowest BCUT2D eigenvalue weighted by Gasteiger charge is -2.34. The van der Waals surface area contributed by atoms with Gasteiger partial charge in [0, 0.05) is 12.5 Å². The van der Waals surface area contributed by atoms with Gasteiger partial charge in [-0.15, -0.1) is 0 Å². The third-order valence-corrected chi connectivity index (χ3v) is 4.71. The number of piperidine rings is 1. The third-order valence-electron chi connectivity index (χ3n) is 4.71. The number of nitrogens with zero attached hydrogens (tertiary/aromatic N) is 2. The molecule has 4 nitrogen and oxygen atoms in total. The molecule has 2 aliphatic rings. The van der Waals surface area contributed by atoms with Crippen molar-refractivity contribution < 1.29 is 4.79 Å². The summed E-state index contributed by atoms with van der Waals surface area (Å²) in [6.45, 7) is 0.876. The molecule has 4 heteroatoms. The first-order valence-electron chi connectivity index (χ1n) is 8.24. The third kappa shape index (κ3) is 2.54. The molecular formula is C18H21N3O. The summed E-state index contributed by atoms with van der Waals surface area (Å²) in [6, 6.07) is 10.3. The van der Waals surface area contributed by atoms with Crippen molar-refractivity contribution in [3.8, 4) is 11.3 Å². The number of likely N-dealkylation sites (tertiary alicyclic amines) is 1. The van der Waals surface area contributed by atoms with Crippen molar-refractivity contribution in [3.63, 3.8) is 0 Å². The smallest absolute Gasteiger partial charge is 0.226 e. The quantitative estimate of drug-likeness (QED) is 0.941. The molecule has 1 N–H and O–H groups in total. The normalized spacial score (nSPS) is 21.8. The second-order valence-corrected chi connectivity index (χ2v) is 6.37. The van der Waals surface area contributed by atoms with Crippen LogP contribution in [-0.4, -0.2) is 27.3 Å². The van der Waals surface area contributed by atoms with Crippen LogP contribution in [0.2, 0.25) is 0 Å². The average Bonchev–Trinajstić information content (AvgIpc) is 3.32. The van der Waals surface area contributed by atoms with Crippen LogP contribution in [0.5, 0.6) is 0 Å². The zero-order valence-electron chi connectivity index (χ0n) is 12.7. The number of aromatic amines is 1. The lowest BCUT2D eigenvalue weighted by atomic mass is 10.0. The number of carbonyl (C=O) groups excluding carboxylic acids is 1. The molecule has 2 heterocycles. The summed E-state index contributed by atoms with van der Waals surface area (Å²) in [5.41, 5.74) is 2.16. The van der Waals surface area contributed by atoms with Crippen LogP contribution in [0.1, 0.15) is 44.0 Å². The lowest BCUT2D eigenvalue weighted by Crippen LogP contribution is -2.39. The Bertz CT molecular complexity index is 660. The van der Waals surface area contributed by atoms with E-state index in [-0.39, 0.29) is 12.0 Å². The Kier molecular flexibility index (Phi) is 3.45. The van der Waals surface area contributed by atoms with Crippen molar-refractivity contribution in [2.24, 2.45) is 5.92 Å². The van der Waals surface area contributed by atoms with Gasteiger partial charge in [0.25, 0.3) is 0 Å². The van der Waals surface area contributed by atoms with Gasteiger partial charge in [-0.05, 0) is 37.7 Å². The molecule has 1 aliphatic heterocycles. The highest BCUT2D eigenvalue weighted by molar-refractivity contribution is 5.81. The molecule has 1 saturated heterocycles. The van der Waals surface area contributed by atoms with E-state index in [9.17, 15) is 4.79 Å². The second-order valence-electron chi connectivity index (χ2n) is 6.37. The summed E-state index contributed by atoms with van der Waals surface area (Å²) in [5, 5.41) is 0. The largest absolute Gasteiger partial charge is 0.340 e. The number of nitrogens with one attached hydrogen (secondary N) is 1. The Morgan fingerprint density at radius 2 is 1.95 bits per heavy atom. The number of hydrogen-bond acceptors (Lipinski definition) is 2. The van der Waals surface area contributed by atoms with E-state index in [4.69, 9.17) is 0 Å². The van der Waals surface area contributed by atoms with Crippen LogP contribution in [0.15, 0.2) is 36.5 Å². The SMILES string of the molecule is O=C(C1CC1)N1CCCCC1c1ncc(-c2ccccc2)[nH]1. The summed E-state index contributed by atoms with van der Waals surface area (Å²) >= 11 is 0. The van der Waals surface area contributed by atoms with E-state index in [1.165, 1.54) is 6.42 Å². The highest BCUT2D eigenvalue weighted by atomic mass is 16.2. The van der Waals surface area contributed by atoms with Crippen LogP contribution >= 0.6 is 0 Å². The van der Waals surface area contributed by atoms with E-state index >= 15 is 0 Å². The summed E-state index contributed by atoms with van der Waals surface area (Å²) in [4.78, 5) is 22.6. The number of amides is 1. The summed E-state index contributed by atoms with van der Waals surface area (Å²) in [6.07, 6.45) is 7.31. The minimum Gasteiger partial charge on any atom is -0.340 e.